The summed E-state index contributed by atoms with van der Waals surface area (Å²) in [4.78, 5) is 28.0. The van der Waals surface area contributed by atoms with Crippen LogP contribution in [0.1, 0.15) is 67.9 Å². The van der Waals surface area contributed by atoms with Crippen molar-refractivity contribution >= 4 is 36.7 Å². The Morgan fingerprint density at radius 1 is 1.18 bits per heavy atom. The van der Waals surface area contributed by atoms with Gasteiger partial charge in [-0.15, -0.1) is 24.8 Å². The van der Waals surface area contributed by atoms with Gasteiger partial charge in [0.05, 0.1) is 13.4 Å². The van der Waals surface area contributed by atoms with E-state index in [1.54, 1.807) is 6.33 Å². The van der Waals surface area contributed by atoms with E-state index in [1.807, 2.05) is 6.20 Å². The van der Waals surface area contributed by atoms with Crippen LogP contribution in [0, 0.1) is 5.92 Å². The quantitative estimate of drug-likeness (QED) is 0.672. The number of amides is 1. The molecular weight excluding hydrogens is 403 g/mol. The van der Waals surface area contributed by atoms with Crippen molar-refractivity contribution in [3.05, 3.63) is 18.2 Å². The number of rotatable bonds is 6. The van der Waals surface area contributed by atoms with Gasteiger partial charge in [-0.25, -0.2) is 4.98 Å². The smallest absolute Gasteiger partial charge is 0.305 e. The molecule has 28 heavy (non-hydrogen) atoms. The number of imidazole rings is 1. The second-order valence-electron chi connectivity index (χ2n) is 7.49. The Hall–Kier alpha value is -1.31. The van der Waals surface area contributed by atoms with E-state index in [1.165, 1.54) is 7.11 Å². The number of aromatic nitrogens is 2. The van der Waals surface area contributed by atoms with Gasteiger partial charge in [0.15, 0.2) is 0 Å². The van der Waals surface area contributed by atoms with Gasteiger partial charge in [0, 0.05) is 24.7 Å². The fourth-order valence-corrected chi connectivity index (χ4v) is 4.04. The van der Waals surface area contributed by atoms with Crippen LogP contribution in [0.4, 0.5) is 0 Å². The van der Waals surface area contributed by atoms with Crippen molar-refractivity contribution in [2.24, 2.45) is 5.92 Å². The van der Waals surface area contributed by atoms with Gasteiger partial charge in [-0.1, -0.05) is 0 Å². The summed E-state index contributed by atoms with van der Waals surface area (Å²) in [6.45, 7) is 2.03. The molecule has 1 aliphatic heterocycles. The largest absolute Gasteiger partial charge is 0.469 e. The standard InChI is InChI=1S/C19H30N4O3.2ClH/c1-26-18(24)7-4-14-2-5-15(6-3-14)22-19(25)17-12-23(13-21-17)16-8-10-20-11-9-16;;/h12-16,20H,2-11H2,1H3,(H,22,25);2*1H. The molecule has 0 atom stereocenters. The predicted molar refractivity (Wildman–Crippen MR) is 112 cm³/mol. The lowest BCUT2D eigenvalue weighted by atomic mass is 9.83. The van der Waals surface area contributed by atoms with Crippen LogP contribution in [0.5, 0.6) is 0 Å². The molecule has 2 aliphatic rings. The van der Waals surface area contributed by atoms with E-state index in [-0.39, 0.29) is 42.7 Å². The highest BCUT2D eigenvalue weighted by Gasteiger charge is 2.24. The summed E-state index contributed by atoms with van der Waals surface area (Å²) < 4.78 is 6.78. The zero-order valence-electron chi connectivity index (χ0n) is 16.4. The second-order valence-corrected chi connectivity index (χ2v) is 7.49. The molecule has 9 heteroatoms. The minimum Gasteiger partial charge on any atom is -0.469 e. The average Bonchev–Trinajstić information content (AvgIpc) is 3.18. The highest BCUT2D eigenvalue weighted by Crippen LogP contribution is 2.28. The minimum atomic E-state index is -0.134. The first-order valence-corrected chi connectivity index (χ1v) is 9.77. The lowest BCUT2D eigenvalue weighted by Gasteiger charge is -2.28. The summed E-state index contributed by atoms with van der Waals surface area (Å²) in [5.41, 5.74) is 0.511. The molecule has 1 amide bonds. The Bertz CT molecular complexity index is 612. The molecule has 2 N–H and O–H groups in total. The fraction of sp³-hybridized carbons (Fsp3) is 0.737. The molecule has 1 aromatic rings. The number of hydrogen-bond donors (Lipinski definition) is 2. The van der Waals surface area contributed by atoms with Crippen LogP contribution in [0.2, 0.25) is 0 Å². The molecule has 3 rings (SSSR count). The number of ether oxygens (including phenoxy) is 1. The molecule has 0 bridgehead atoms. The van der Waals surface area contributed by atoms with E-state index in [0.717, 1.165) is 58.0 Å². The van der Waals surface area contributed by atoms with Gasteiger partial charge in [-0.05, 0) is 64.0 Å². The van der Waals surface area contributed by atoms with E-state index in [9.17, 15) is 9.59 Å². The van der Waals surface area contributed by atoms with E-state index in [2.05, 4.69) is 20.2 Å². The molecule has 0 unspecified atom stereocenters. The molecule has 2 fully saturated rings. The van der Waals surface area contributed by atoms with Crippen LogP contribution < -0.4 is 10.6 Å². The third-order valence-corrected chi connectivity index (χ3v) is 5.73. The first-order chi connectivity index (χ1) is 12.7. The maximum Gasteiger partial charge on any atom is 0.305 e. The fourth-order valence-electron chi connectivity index (χ4n) is 4.04. The van der Waals surface area contributed by atoms with Crippen molar-refractivity contribution in [3.63, 3.8) is 0 Å². The van der Waals surface area contributed by atoms with Crippen LogP contribution >= 0.6 is 24.8 Å². The summed E-state index contributed by atoms with van der Waals surface area (Å²) in [5, 5.41) is 6.48. The van der Waals surface area contributed by atoms with Crippen LogP contribution in [0.25, 0.3) is 0 Å². The normalized spacial score (nSPS) is 22.5. The summed E-state index contributed by atoms with van der Waals surface area (Å²) >= 11 is 0. The lowest BCUT2D eigenvalue weighted by Crippen LogP contribution is -2.37. The van der Waals surface area contributed by atoms with Gasteiger partial charge in [-0.3, -0.25) is 9.59 Å². The maximum absolute atomic E-state index is 12.5. The van der Waals surface area contributed by atoms with Crippen LogP contribution in [0.3, 0.4) is 0 Å². The van der Waals surface area contributed by atoms with Crippen LogP contribution in [-0.2, 0) is 9.53 Å². The zero-order chi connectivity index (χ0) is 18.4. The third kappa shape index (κ3) is 6.94. The number of methoxy groups -OCH3 is 1. The van der Waals surface area contributed by atoms with Gasteiger partial charge in [0.2, 0.25) is 0 Å². The first kappa shape index (κ1) is 24.7. The topological polar surface area (TPSA) is 85.2 Å². The van der Waals surface area contributed by atoms with Crippen molar-refractivity contribution in [2.75, 3.05) is 20.2 Å². The second kappa shape index (κ2) is 12.3. The summed E-state index contributed by atoms with van der Waals surface area (Å²) in [7, 11) is 1.43. The molecule has 1 saturated carbocycles. The number of piperidine rings is 1. The summed E-state index contributed by atoms with van der Waals surface area (Å²) in [6, 6.07) is 0.649. The van der Waals surface area contributed by atoms with Crippen molar-refractivity contribution in [3.8, 4) is 0 Å². The molecule has 0 aromatic carbocycles. The van der Waals surface area contributed by atoms with Crippen LogP contribution in [-0.4, -0.2) is 47.7 Å². The SMILES string of the molecule is COC(=O)CCC1CCC(NC(=O)c2cn(C3CCNCC3)cn2)CC1.Cl.Cl. The van der Waals surface area contributed by atoms with Gasteiger partial charge >= 0.3 is 5.97 Å². The molecule has 0 radical (unpaired) electrons. The van der Waals surface area contributed by atoms with E-state index >= 15 is 0 Å². The predicted octanol–water partition coefficient (Wildman–Crippen LogP) is 2.89. The van der Waals surface area contributed by atoms with Crippen molar-refractivity contribution in [1.82, 2.24) is 20.2 Å². The zero-order valence-corrected chi connectivity index (χ0v) is 18.0. The average molecular weight is 435 g/mol. The van der Waals surface area contributed by atoms with E-state index < -0.39 is 0 Å². The number of carbonyl (C=O) groups is 2. The Labute approximate surface area is 179 Å². The molecule has 0 spiro atoms. The maximum atomic E-state index is 12.5. The molecule has 160 valence electrons. The molecule has 2 heterocycles. The Morgan fingerprint density at radius 3 is 2.50 bits per heavy atom. The number of hydrogen-bond acceptors (Lipinski definition) is 5. The number of nitrogens with zero attached hydrogens (tertiary/aromatic N) is 2. The first-order valence-electron chi connectivity index (χ1n) is 9.77. The molecule has 1 saturated heterocycles. The van der Waals surface area contributed by atoms with E-state index in [4.69, 9.17) is 4.74 Å². The van der Waals surface area contributed by atoms with E-state index in [0.29, 0.717) is 24.1 Å². The molecule has 1 aliphatic carbocycles. The number of carbonyl (C=O) groups excluding carboxylic acids is 2. The van der Waals surface area contributed by atoms with Crippen molar-refractivity contribution in [1.29, 1.82) is 0 Å². The highest BCUT2D eigenvalue weighted by atomic mass is 35.5. The van der Waals surface area contributed by atoms with Gasteiger partial charge in [-0.2, -0.15) is 0 Å². The Morgan fingerprint density at radius 2 is 1.86 bits per heavy atom. The number of esters is 1. The van der Waals surface area contributed by atoms with Crippen LogP contribution in [0.15, 0.2) is 12.5 Å². The van der Waals surface area contributed by atoms with Crippen molar-refractivity contribution < 1.29 is 14.3 Å². The number of halogens is 2. The van der Waals surface area contributed by atoms with Gasteiger partial charge in [0.25, 0.3) is 5.91 Å². The minimum absolute atomic E-state index is 0. The monoisotopic (exact) mass is 434 g/mol. The number of nitrogens with one attached hydrogen (secondary N) is 2. The Kier molecular flexibility index (Phi) is 10.9. The lowest BCUT2D eigenvalue weighted by molar-refractivity contribution is -0.141. The highest BCUT2D eigenvalue weighted by molar-refractivity contribution is 5.92. The summed E-state index contributed by atoms with van der Waals surface area (Å²) in [6.07, 6.45) is 11.2. The summed E-state index contributed by atoms with van der Waals surface area (Å²) in [5.74, 6) is 0.349. The third-order valence-electron chi connectivity index (χ3n) is 5.73. The molecule has 1 aromatic heterocycles. The molecule has 7 nitrogen and oxygen atoms in total. The molecular formula is C19H32Cl2N4O3. The van der Waals surface area contributed by atoms with Gasteiger partial charge in [0.1, 0.15) is 5.69 Å². The van der Waals surface area contributed by atoms with Gasteiger partial charge < -0.3 is 19.9 Å². The van der Waals surface area contributed by atoms with Crippen molar-refractivity contribution in [2.45, 2.75) is 63.5 Å². The Balaban J connectivity index is 0.00000196.